The van der Waals surface area contributed by atoms with Crippen LogP contribution in [0.3, 0.4) is 0 Å². The third kappa shape index (κ3) is 3.53. The number of aliphatic hydroxyl groups is 1. The minimum absolute atomic E-state index is 0.0798. The van der Waals surface area contributed by atoms with Gasteiger partial charge in [0, 0.05) is 29.2 Å². The molecule has 0 atom stereocenters. The molecule has 0 aromatic heterocycles. The lowest BCUT2D eigenvalue weighted by atomic mass is 9.86. The maximum absolute atomic E-state index is 12.9. The maximum atomic E-state index is 12.9. The Bertz CT molecular complexity index is 870. The van der Waals surface area contributed by atoms with Crippen molar-refractivity contribution in [3.63, 3.8) is 0 Å². The van der Waals surface area contributed by atoms with E-state index in [-0.39, 0.29) is 5.91 Å². The third-order valence-electron chi connectivity index (χ3n) is 6.28. The van der Waals surface area contributed by atoms with Gasteiger partial charge in [0.25, 0.3) is 5.91 Å². The normalized spacial score (nSPS) is 20.9. The van der Waals surface area contributed by atoms with Crippen molar-refractivity contribution in [3.05, 3.63) is 54.1 Å². The van der Waals surface area contributed by atoms with Gasteiger partial charge in [0.05, 0.1) is 17.2 Å². The van der Waals surface area contributed by atoms with Crippen molar-refractivity contribution in [2.24, 2.45) is 5.92 Å². The van der Waals surface area contributed by atoms with Crippen molar-refractivity contribution in [3.8, 4) is 0 Å². The highest BCUT2D eigenvalue weighted by Gasteiger charge is 2.38. The molecule has 0 unspecified atom stereocenters. The average molecular weight is 395 g/mol. The topological polar surface area (TPSA) is 43.8 Å². The van der Waals surface area contributed by atoms with Gasteiger partial charge < -0.3 is 14.9 Å². The van der Waals surface area contributed by atoms with Crippen molar-refractivity contribution in [2.45, 2.75) is 42.6 Å². The number of anilines is 2. The van der Waals surface area contributed by atoms with Gasteiger partial charge in [-0.2, -0.15) is 0 Å². The first-order valence-electron chi connectivity index (χ1n) is 10.2. The van der Waals surface area contributed by atoms with Crippen LogP contribution >= 0.6 is 11.8 Å². The highest BCUT2D eigenvalue weighted by atomic mass is 32.2. The van der Waals surface area contributed by atoms with Crippen LogP contribution in [0.4, 0.5) is 11.4 Å². The van der Waals surface area contributed by atoms with Crippen LogP contribution in [-0.2, 0) is 0 Å². The molecule has 4 nitrogen and oxygen atoms in total. The number of carbonyl (C=O) groups is 1. The van der Waals surface area contributed by atoms with Crippen LogP contribution in [0.25, 0.3) is 0 Å². The van der Waals surface area contributed by atoms with E-state index in [2.05, 4.69) is 29.2 Å². The molecule has 2 aliphatic heterocycles. The summed E-state index contributed by atoms with van der Waals surface area (Å²) >= 11 is 1.84. The molecule has 1 amide bonds. The van der Waals surface area contributed by atoms with Gasteiger partial charge in [0.2, 0.25) is 0 Å². The monoisotopic (exact) mass is 394 g/mol. The van der Waals surface area contributed by atoms with Gasteiger partial charge >= 0.3 is 0 Å². The molecule has 1 aliphatic carbocycles. The highest BCUT2D eigenvalue weighted by molar-refractivity contribution is 7.99. The number of fused-ring (bicyclic) bond motifs is 1. The Hall–Kier alpha value is -1.98. The quantitative estimate of drug-likeness (QED) is 0.819. The average Bonchev–Trinajstić information content (AvgIpc) is 3.42. The van der Waals surface area contributed by atoms with Crippen LogP contribution in [0.15, 0.2) is 53.4 Å². The molecule has 5 heteroatoms. The number of para-hydroxylation sites is 1. The summed E-state index contributed by atoms with van der Waals surface area (Å²) in [6.07, 6.45) is 4.85. The number of hydrogen-bond donors (Lipinski definition) is 1. The zero-order valence-electron chi connectivity index (χ0n) is 16.0. The number of likely N-dealkylation sites (tertiary alicyclic amines) is 1. The van der Waals surface area contributed by atoms with Crippen LogP contribution in [0, 0.1) is 5.92 Å². The van der Waals surface area contributed by atoms with E-state index in [1.165, 1.54) is 23.4 Å². The first-order valence-corrected chi connectivity index (χ1v) is 11.2. The minimum Gasteiger partial charge on any atom is -0.390 e. The van der Waals surface area contributed by atoms with Crippen LogP contribution in [-0.4, -0.2) is 40.5 Å². The first-order chi connectivity index (χ1) is 13.6. The van der Waals surface area contributed by atoms with Crippen LogP contribution in [0.1, 0.15) is 42.5 Å². The first kappa shape index (κ1) is 18.1. The molecule has 1 saturated heterocycles. The molecule has 2 heterocycles. The molecule has 146 valence electrons. The van der Waals surface area contributed by atoms with Gasteiger partial charge in [-0.25, -0.2) is 0 Å². The number of nitrogens with zero attached hydrogens (tertiary/aromatic N) is 2. The molecule has 0 radical (unpaired) electrons. The third-order valence-corrected chi connectivity index (χ3v) is 7.32. The molecule has 0 bridgehead atoms. The molecule has 28 heavy (non-hydrogen) atoms. The summed E-state index contributed by atoms with van der Waals surface area (Å²) in [5.41, 5.74) is 2.53. The van der Waals surface area contributed by atoms with Crippen molar-refractivity contribution in [1.82, 2.24) is 4.90 Å². The molecular formula is C23H26N2O2S. The lowest BCUT2D eigenvalue weighted by Gasteiger charge is -2.38. The van der Waals surface area contributed by atoms with Crippen LogP contribution in [0.2, 0.25) is 0 Å². The van der Waals surface area contributed by atoms with E-state index >= 15 is 0 Å². The molecule has 5 rings (SSSR count). The summed E-state index contributed by atoms with van der Waals surface area (Å²) in [6, 6.07) is 16.4. The lowest BCUT2D eigenvalue weighted by molar-refractivity contribution is -0.0267. The Kier molecular flexibility index (Phi) is 4.60. The summed E-state index contributed by atoms with van der Waals surface area (Å²) in [4.78, 5) is 18.4. The van der Waals surface area contributed by atoms with Crippen molar-refractivity contribution >= 4 is 29.0 Å². The SMILES string of the molecule is O=C(c1ccc(N2CSc3ccccc32)cc1)N1CCC(O)(CC2CC2)CC1. The fraction of sp³-hybridized carbons (Fsp3) is 0.435. The van der Waals surface area contributed by atoms with Crippen molar-refractivity contribution < 1.29 is 9.90 Å². The number of carbonyl (C=O) groups excluding carboxylic acids is 1. The van der Waals surface area contributed by atoms with Crippen LogP contribution < -0.4 is 4.90 Å². The maximum Gasteiger partial charge on any atom is 0.253 e. The molecule has 0 spiro atoms. The number of hydrogen-bond acceptors (Lipinski definition) is 4. The van der Waals surface area contributed by atoms with Crippen molar-refractivity contribution in [2.75, 3.05) is 23.9 Å². The van der Waals surface area contributed by atoms with Crippen LogP contribution in [0.5, 0.6) is 0 Å². The molecule has 1 N–H and O–H groups in total. The zero-order valence-corrected chi connectivity index (χ0v) is 16.8. The van der Waals surface area contributed by atoms with E-state index in [4.69, 9.17) is 0 Å². The van der Waals surface area contributed by atoms with E-state index in [0.29, 0.717) is 31.8 Å². The Morgan fingerprint density at radius 1 is 1.07 bits per heavy atom. The smallest absolute Gasteiger partial charge is 0.253 e. The van der Waals surface area contributed by atoms with E-state index in [0.717, 1.165) is 23.5 Å². The van der Waals surface area contributed by atoms with Crippen molar-refractivity contribution in [1.29, 1.82) is 0 Å². The summed E-state index contributed by atoms with van der Waals surface area (Å²) < 4.78 is 0. The second kappa shape index (κ2) is 7.12. The predicted octanol–water partition coefficient (Wildman–Crippen LogP) is 4.66. The Morgan fingerprint density at radius 2 is 1.79 bits per heavy atom. The summed E-state index contributed by atoms with van der Waals surface area (Å²) in [5, 5.41) is 10.7. The summed E-state index contributed by atoms with van der Waals surface area (Å²) in [5.74, 6) is 1.70. The van der Waals surface area contributed by atoms with E-state index in [1.54, 1.807) is 0 Å². The highest BCUT2D eigenvalue weighted by Crippen LogP contribution is 2.43. The zero-order chi connectivity index (χ0) is 19.1. The lowest BCUT2D eigenvalue weighted by Crippen LogP contribution is -2.46. The van der Waals surface area contributed by atoms with Gasteiger partial charge in [-0.15, -0.1) is 11.8 Å². The Labute approximate surface area is 170 Å². The van der Waals surface area contributed by atoms with Gasteiger partial charge in [-0.1, -0.05) is 25.0 Å². The number of rotatable bonds is 4. The molecular weight excluding hydrogens is 368 g/mol. The van der Waals surface area contributed by atoms with Gasteiger partial charge in [0.15, 0.2) is 0 Å². The number of benzene rings is 2. The number of thioether (sulfide) groups is 1. The van der Waals surface area contributed by atoms with E-state index < -0.39 is 5.60 Å². The summed E-state index contributed by atoms with van der Waals surface area (Å²) in [7, 11) is 0. The minimum atomic E-state index is -0.553. The molecule has 2 aromatic carbocycles. The van der Waals surface area contributed by atoms with E-state index in [9.17, 15) is 9.90 Å². The van der Waals surface area contributed by atoms with Gasteiger partial charge in [0.1, 0.15) is 0 Å². The second-order valence-electron chi connectivity index (χ2n) is 8.38. The van der Waals surface area contributed by atoms with E-state index in [1.807, 2.05) is 40.9 Å². The summed E-state index contributed by atoms with van der Waals surface area (Å²) in [6.45, 7) is 1.31. The largest absolute Gasteiger partial charge is 0.390 e. The standard InChI is InChI=1S/C23H26N2O2S/c26-22(24-13-11-23(27,12-14-24)15-17-5-6-17)18-7-9-19(10-8-18)25-16-28-21-4-2-1-3-20(21)25/h1-4,7-10,17,27H,5-6,11-16H2. The molecule has 3 aliphatic rings. The molecule has 2 fully saturated rings. The fourth-order valence-electron chi connectivity index (χ4n) is 4.38. The van der Waals surface area contributed by atoms with Gasteiger partial charge in [-0.05, 0) is 61.6 Å². The Morgan fingerprint density at radius 3 is 2.50 bits per heavy atom. The number of piperidine rings is 1. The fourth-order valence-corrected chi connectivity index (χ4v) is 5.43. The molecule has 1 saturated carbocycles. The Balaban J connectivity index is 1.24. The van der Waals surface area contributed by atoms with Gasteiger partial charge in [-0.3, -0.25) is 4.79 Å². The predicted molar refractivity (Wildman–Crippen MR) is 113 cm³/mol. The number of amides is 1. The molecule has 2 aromatic rings. The second-order valence-corrected chi connectivity index (χ2v) is 9.37.